The first-order chi connectivity index (χ1) is 8.64. The van der Waals surface area contributed by atoms with Crippen LogP contribution in [0.3, 0.4) is 0 Å². The van der Waals surface area contributed by atoms with Crippen molar-refractivity contribution in [2.75, 3.05) is 18.8 Å². The summed E-state index contributed by atoms with van der Waals surface area (Å²) in [4.78, 5) is 11.3. The molecule has 0 atom stereocenters. The van der Waals surface area contributed by atoms with E-state index in [1.165, 1.54) is 10.4 Å². The molecule has 1 fully saturated rings. The van der Waals surface area contributed by atoms with Gasteiger partial charge in [-0.25, -0.2) is 18.6 Å². The Labute approximate surface area is 114 Å². The van der Waals surface area contributed by atoms with Gasteiger partial charge in [0.05, 0.1) is 11.8 Å². The van der Waals surface area contributed by atoms with Gasteiger partial charge in [-0.3, -0.25) is 5.43 Å². The number of hydrazine groups is 1. The molecule has 1 saturated heterocycles. The lowest BCUT2D eigenvalue weighted by Crippen LogP contribution is -2.63. The highest BCUT2D eigenvalue weighted by Gasteiger charge is 2.35. The zero-order valence-electron chi connectivity index (χ0n) is 11.5. The van der Waals surface area contributed by atoms with Gasteiger partial charge in [0.2, 0.25) is 10.0 Å². The van der Waals surface area contributed by atoms with Crippen LogP contribution in [0.15, 0.2) is 12.7 Å². The maximum Gasteiger partial charge on any atom is 0.422 e. The van der Waals surface area contributed by atoms with Crippen molar-refractivity contribution in [3.05, 3.63) is 12.7 Å². The van der Waals surface area contributed by atoms with E-state index >= 15 is 0 Å². The molecule has 7 nitrogen and oxygen atoms in total. The predicted molar refractivity (Wildman–Crippen MR) is 71.9 cm³/mol. The molecular weight excluding hydrogens is 270 g/mol. The number of carbonyl (C=O) groups excluding carboxylic acids is 1. The minimum absolute atomic E-state index is 0.0702. The molecule has 0 aromatic carbocycles. The van der Waals surface area contributed by atoms with Gasteiger partial charge in [-0.1, -0.05) is 6.08 Å². The molecule has 8 heteroatoms. The van der Waals surface area contributed by atoms with Gasteiger partial charge in [-0.05, 0) is 20.8 Å². The Morgan fingerprint density at radius 2 is 2.05 bits per heavy atom. The second-order valence-corrected chi connectivity index (χ2v) is 7.37. The smallest absolute Gasteiger partial charge is 0.422 e. The Morgan fingerprint density at radius 1 is 1.47 bits per heavy atom. The Morgan fingerprint density at radius 3 is 2.53 bits per heavy atom. The van der Waals surface area contributed by atoms with Crippen LogP contribution in [0.25, 0.3) is 0 Å². The summed E-state index contributed by atoms with van der Waals surface area (Å²) in [5.41, 5.74) is 4.56. The van der Waals surface area contributed by atoms with Crippen LogP contribution in [-0.2, 0) is 14.8 Å². The Kier molecular flexibility index (Phi) is 4.94. The number of rotatable bonds is 5. The van der Waals surface area contributed by atoms with E-state index < -0.39 is 21.7 Å². The van der Waals surface area contributed by atoms with E-state index in [-0.39, 0.29) is 11.8 Å². The highest BCUT2D eigenvalue weighted by atomic mass is 32.2. The molecule has 0 saturated carbocycles. The quantitative estimate of drug-likeness (QED) is 0.559. The molecule has 0 spiro atoms. The highest BCUT2D eigenvalue weighted by molar-refractivity contribution is 7.89. The lowest BCUT2D eigenvalue weighted by Gasteiger charge is -2.38. The summed E-state index contributed by atoms with van der Waals surface area (Å²) in [6.45, 7) is 9.35. The van der Waals surface area contributed by atoms with E-state index in [2.05, 4.69) is 17.4 Å². The Bertz CT molecular complexity index is 435. The molecule has 19 heavy (non-hydrogen) atoms. The van der Waals surface area contributed by atoms with Crippen LogP contribution >= 0.6 is 0 Å². The third kappa shape index (κ3) is 5.17. The van der Waals surface area contributed by atoms with Crippen molar-refractivity contribution >= 4 is 16.1 Å². The van der Waals surface area contributed by atoms with Crippen molar-refractivity contribution in [2.24, 2.45) is 0 Å². The Hall–Kier alpha value is -1.12. The largest absolute Gasteiger partial charge is 0.443 e. The van der Waals surface area contributed by atoms with Crippen LogP contribution in [0.4, 0.5) is 4.79 Å². The first-order valence-electron chi connectivity index (χ1n) is 5.97. The number of nitrogens with one attached hydrogen (secondary N) is 2. The summed E-state index contributed by atoms with van der Waals surface area (Å²) in [5, 5.41) is 0. The average molecular weight is 291 g/mol. The molecular formula is C11H21N3O4S. The Balaban J connectivity index is 2.26. The summed E-state index contributed by atoms with van der Waals surface area (Å²) in [5.74, 6) is -0.0702. The van der Waals surface area contributed by atoms with E-state index in [1.54, 1.807) is 20.8 Å². The molecule has 0 aliphatic carbocycles. The molecule has 1 aliphatic heterocycles. The van der Waals surface area contributed by atoms with Crippen LogP contribution < -0.4 is 10.9 Å². The van der Waals surface area contributed by atoms with E-state index in [9.17, 15) is 13.2 Å². The number of ether oxygens (including phenoxy) is 1. The van der Waals surface area contributed by atoms with Crippen LogP contribution in [0.2, 0.25) is 0 Å². The molecule has 1 rings (SSSR count). The van der Waals surface area contributed by atoms with Gasteiger partial charge in [0.1, 0.15) is 5.60 Å². The van der Waals surface area contributed by atoms with Crippen LogP contribution in [0, 0.1) is 0 Å². The predicted octanol–water partition coefficient (Wildman–Crippen LogP) is 0.216. The molecule has 0 aromatic heterocycles. The van der Waals surface area contributed by atoms with Crippen molar-refractivity contribution in [1.82, 2.24) is 15.2 Å². The third-order valence-corrected chi connectivity index (χ3v) is 4.09. The first kappa shape index (κ1) is 15.9. The van der Waals surface area contributed by atoms with Crippen LogP contribution in [-0.4, -0.2) is 49.3 Å². The number of hydrogen-bond acceptors (Lipinski definition) is 5. The number of hydrogen-bond donors (Lipinski definition) is 2. The first-order valence-corrected chi connectivity index (χ1v) is 7.58. The number of nitrogens with zero attached hydrogens (tertiary/aromatic N) is 1. The maximum atomic E-state index is 11.6. The summed E-state index contributed by atoms with van der Waals surface area (Å²) >= 11 is 0. The van der Waals surface area contributed by atoms with E-state index in [4.69, 9.17) is 4.74 Å². The van der Waals surface area contributed by atoms with Gasteiger partial charge >= 0.3 is 6.09 Å². The number of amides is 1. The maximum absolute atomic E-state index is 11.6. The lowest BCUT2D eigenvalue weighted by atomic mass is 10.2. The van der Waals surface area contributed by atoms with Gasteiger partial charge < -0.3 is 4.74 Å². The van der Waals surface area contributed by atoms with Crippen molar-refractivity contribution in [3.8, 4) is 0 Å². The topological polar surface area (TPSA) is 87.7 Å². The summed E-state index contributed by atoms with van der Waals surface area (Å²) in [6, 6.07) is -0.105. The fourth-order valence-corrected chi connectivity index (χ4v) is 2.80. The summed E-state index contributed by atoms with van der Waals surface area (Å²) in [7, 11) is -3.24. The number of sulfonamides is 1. The van der Waals surface area contributed by atoms with Crippen LogP contribution in [0.5, 0.6) is 0 Å². The summed E-state index contributed by atoms with van der Waals surface area (Å²) < 4.78 is 29.6. The minimum Gasteiger partial charge on any atom is -0.443 e. The van der Waals surface area contributed by atoms with Crippen molar-refractivity contribution in [2.45, 2.75) is 32.4 Å². The second-order valence-electron chi connectivity index (χ2n) is 5.35. The van der Waals surface area contributed by atoms with Crippen molar-refractivity contribution < 1.29 is 17.9 Å². The van der Waals surface area contributed by atoms with E-state index in [0.29, 0.717) is 13.1 Å². The lowest BCUT2D eigenvalue weighted by molar-refractivity contribution is 0.0467. The van der Waals surface area contributed by atoms with E-state index in [1.807, 2.05) is 0 Å². The fourth-order valence-electron chi connectivity index (χ4n) is 1.48. The zero-order valence-corrected chi connectivity index (χ0v) is 12.3. The van der Waals surface area contributed by atoms with Gasteiger partial charge in [0.25, 0.3) is 0 Å². The molecule has 1 heterocycles. The molecule has 110 valence electrons. The molecule has 0 unspecified atom stereocenters. The average Bonchev–Trinajstić information content (AvgIpc) is 2.11. The summed E-state index contributed by atoms with van der Waals surface area (Å²) in [6.07, 6.45) is 0.773. The van der Waals surface area contributed by atoms with Crippen molar-refractivity contribution in [1.29, 1.82) is 0 Å². The van der Waals surface area contributed by atoms with E-state index in [0.717, 1.165) is 0 Å². The van der Waals surface area contributed by atoms with Crippen LogP contribution in [0.1, 0.15) is 20.8 Å². The van der Waals surface area contributed by atoms with Crippen molar-refractivity contribution in [3.63, 3.8) is 0 Å². The van der Waals surface area contributed by atoms with Gasteiger partial charge in [0, 0.05) is 13.1 Å². The number of carbonyl (C=O) groups is 1. The SMILES string of the molecule is C=CCS(=O)(=O)N1CC(NNC(=O)OC(C)(C)C)C1. The van der Waals surface area contributed by atoms with Gasteiger partial charge in [-0.2, -0.15) is 4.31 Å². The molecule has 1 amide bonds. The molecule has 1 aliphatic rings. The molecule has 0 bridgehead atoms. The monoisotopic (exact) mass is 291 g/mol. The molecule has 0 aromatic rings. The highest BCUT2D eigenvalue weighted by Crippen LogP contribution is 2.13. The molecule has 0 radical (unpaired) electrons. The fraction of sp³-hybridized carbons (Fsp3) is 0.727. The zero-order chi connectivity index (χ0) is 14.7. The standard InChI is InChI=1S/C11H21N3O4S/c1-5-6-19(16,17)14-7-9(8-14)12-13-10(15)18-11(2,3)4/h5,9,12H,1,6-8H2,2-4H3,(H,13,15). The third-order valence-electron chi connectivity index (χ3n) is 2.35. The van der Waals surface area contributed by atoms with Gasteiger partial charge in [0.15, 0.2) is 0 Å². The minimum atomic E-state index is -3.24. The van der Waals surface area contributed by atoms with Gasteiger partial charge in [-0.15, -0.1) is 6.58 Å². The second kappa shape index (κ2) is 5.89. The normalized spacial score (nSPS) is 17.6. The molecule has 2 N–H and O–H groups in total.